The van der Waals surface area contributed by atoms with Crippen LogP contribution >= 0.6 is 0 Å². The molecular weight excluding hydrogens is 369 g/mol. The maximum absolute atomic E-state index is 12.6. The SMILES string of the molecule is CCNC(=NCC1CCN(CC(F)(F)F)C1)N1CCN(c2ccccn2)CC1. The molecule has 2 saturated heterocycles. The lowest BCUT2D eigenvalue weighted by atomic mass is 10.1. The number of rotatable bonds is 5. The monoisotopic (exact) mass is 398 g/mol. The number of aromatic nitrogens is 1. The second kappa shape index (κ2) is 9.45. The van der Waals surface area contributed by atoms with E-state index in [0.717, 1.165) is 50.9 Å². The highest BCUT2D eigenvalue weighted by Crippen LogP contribution is 2.23. The topological polar surface area (TPSA) is 47.0 Å². The molecule has 1 aromatic heterocycles. The summed E-state index contributed by atoms with van der Waals surface area (Å²) >= 11 is 0. The van der Waals surface area contributed by atoms with Gasteiger partial charge in [0.25, 0.3) is 0 Å². The molecule has 1 atom stereocenters. The molecule has 1 N–H and O–H groups in total. The molecule has 28 heavy (non-hydrogen) atoms. The van der Waals surface area contributed by atoms with Gasteiger partial charge in [-0.15, -0.1) is 0 Å². The first-order chi connectivity index (χ1) is 13.4. The zero-order valence-corrected chi connectivity index (χ0v) is 16.3. The molecule has 3 heterocycles. The first-order valence-corrected chi connectivity index (χ1v) is 9.93. The smallest absolute Gasteiger partial charge is 0.357 e. The van der Waals surface area contributed by atoms with Crippen molar-refractivity contribution in [2.75, 3.05) is 63.8 Å². The molecule has 0 aromatic carbocycles. The number of alkyl halides is 3. The lowest BCUT2D eigenvalue weighted by molar-refractivity contribution is -0.143. The minimum atomic E-state index is -4.12. The lowest BCUT2D eigenvalue weighted by Crippen LogP contribution is -2.52. The Balaban J connectivity index is 1.51. The van der Waals surface area contributed by atoms with E-state index in [4.69, 9.17) is 4.99 Å². The van der Waals surface area contributed by atoms with Gasteiger partial charge in [0.15, 0.2) is 5.96 Å². The molecule has 156 valence electrons. The largest absolute Gasteiger partial charge is 0.401 e. The number of guanidine groups is 1. The van der Waals surface area contributed by atoms with Crippen molar-refractivity contribution in [3.63, 3.8) is 0 Å². The van der Waals surface area contributed by atoms with Gasteiger partial charge in [-0.1, -0.05) is 6.07 Å². The molecule has 0 saturated carbocycles. The number of halogens is 3. The summed E-state index contributed by atoms with van der Waals surface area (Å²) in [5.74, 6) is 2.03. The summed E-state index contributed by atoms with van der Waals surface area (Å²) in [5, 5.41) is 3.33. The average molecular weight is 398 g/mol. The van der Waals surface area contributed by atoms with Crippen LogP contribution in [0.2, 0.25) is 0 Å². The van der Waals surface area contributed by atoms with E-state index < -0.39 is 12.7 Å². The molecule has 0 amide bonds. The van der Waals surface area contributed by atoms with Crippen LogP contribution in [0.4, 0.5) is 19.0 Å². The van der Waals surface area contributed by atoms with Crippen LogP contribution in [0, 0.1) is 5.92 Å². The minimum absolute atomic E-state index is 0.186. The summed E-state index contributed by atoms with van der Waals surface area (Å²) in [4.78, 5) is 15.1. The van der Waals surface area contributed by atoms with Gasteiger partial charge in [0, 0.05) is 52.0 Å². The Bertz CT molecular complexity index is 628. The second-order valence-electron chi connectivity index (χ2n) is 7.36. The molecule has 1 aromatic rings. The first-order valence-electron chi connectivity index (χ1n) is 9.93. The third kappa shape index (κ3) is 5.98. The quantitative estimate of drug-likeness (QED) is 0.608. The van der Waals surface area contributed by atoms with Crippen molar-refractivity contribution in [1.82, 2.24) is 20.1 Å². The summed E-state index contributed by atoms with van der Waals surface area (Å²) in [7, 11) is 0. The van der Waals surface area contributed by atoms with Crippen LogP contribution in [0.15, 0.2) is 29.4 Å². The van der Waals surface area contributed by atoms with E-state index in [9.17, 15) is 13.2 Å². The number of pyridine rings is 1. The van der Waals surface area contributed by atoms with E-state index in [1.54, 1.807) is 6.20 Å². The predicted octanol–water partition coefficient (Wildman–Crippen LogP) is 2.05. The molecule has 2 aliphatic rings. The van der Waals surface area contributed by atoms with Gasteiger partial charge in [0.2, 0.25) is 0 Å². The zero-order valence-electron chi connectivity index (χ0n) is 16.3. The molecule has 0 radical (unpaired) electrons. The molecule has 3 rings (SSSR count). The van der Waals surface area contributed by atoms with Gasteiger partial charge in [-0.3, -0.25) is 9.89 Å². The fraction of sp³-hybridized carbons (Fsp3) is 0.684. The summed E-state index contributed by atoms with van der Waals surface area (Å²) in [6.45, 7) is 6.92. The number of likely N-dealkylation sites (tertiary alicyclic amines) is 1. The normalized spacial score (nSPS) is 22.0. The number of nitrogens with zero attached hydrogens (tertiary/aromatic N) is 5. The third-order valence-corrected chi connectivity index (χ3v) is 5.16. The van der Waals surface area contributed by atoms with E-state index in [0.29, 0.717) is 19.6 Å². The summed E-state index contributed by atoms with van der Waals surface area (Å²) in [6, 6.07) is 5.92. The fourth-order valence-corrected chi connectivity index (χ4v) is 3.79. The molecule has 2 fully saturated rings. The van der Waals surface area contributed by atoms with Gasteiger partial charge < -0.3 is 15.1 Å². The van der Waals surface area contributed by atoms with Crippen LogP contribution in [0.25, 0.3) is 0 Å². The van der Waals surface area contributed by atoms with E-state index in [2.05, 4.69) is 20.1 Å². The fourth-order valence-electron chi connectivity index (χ4n) is 3.79. The van der Waals surface area contributed by atoms with Gasteiger partial charge in [-0.2, -0.15) is 13.2 Å². The molecule has 0 spiro atoms. The van der Waals surface area contributed by atoms with Gasteiger partial charge >= 0.3 is 6.18 Å². The minimum Gasteiger partial charge on any atom is -0.357 e. The molecule has 0 aliphatic carbocycles. The molecule has 2 aliphatic heterocycles. The van der Waals surface area contributed by atoms with E-state index in [1.807, 2.05) is 25.1 Å². The van der Waals surface area contributed by atoms with Gasteiger partial charge in [0.1, 0.15) is 5.82 Å². The van der Waals surface area contributed by atoms with Crippen molar-refractivity contribution in [3.05, 3.63) is 24.4 Å². The van der Waals surface area contributed by atoms with Crippen LogP contribution in [-0.4, -0.2) is 85.8 Å². The van der Waals surface area contributed by atoms with Crippen molar-refractivity contribution >= 4 is 11.8 Å². The van der Waals surface area contributed by atoms with Crippen LogP contribution in [0.1, 0.15) is 13.3 Å². The van der Waals surface area contributed by atoms with Gasteiger partial charge in [-0.25, -0.2) is 4.98 Å². The van der Waals surface area contributed by atoms with E-state index in [1.165, 1.54) is 4.90 Å². The summed E-state index contributed by atoms with van der Waals surface area (Å²) in [6.07, 6.45) is -1.55. The Hall–Kier alpha value is -2.03. The van der Waals surface area contributed by atoms with Crippen LogP contribution in [-0.2, 0) is 0 Å². The standard InChI is InChI=1S/C19H29F3N6/c1-2-23-18(25-13-16-6-8-26(14-16)15-19(20,21)22)28-11-9-27(10-12-28)17-5-3-4-7-24-17/h3-5,7,16H,2,6,8-15H2,1H3,(H,23,25). The Kier molecular flexibility index (Phi) is 6.98. The third-order valence-electron chi connectivity index (χ3n) is 5.16. The molecule has 6 nitrogen and oxygen atoms in total. The maximum atomic E-state index is 12.6. The Morgan fingerprint density at radius 1 is 1.21 bits per heavy atom. The number of anilines is 1. The van der Waals surface area contributed by atoms with Crippen LogP contribution in [0.5, 0.6) is 0 Å². The molecular formula is C19H29F3N6. The van der Waals surface area contributed by atoms with Crippen molar-refractivity contribution in [2.24, 2.45) is 10.9 Å². The number of hydrogen-bond donors (Lipinski definition) is 1. The van der Waals surface area contributed by atoms with Crippen molar-refractivity contribution in [1.29, 1.82) is 0 Å². The number of nitrogens with one attached hydrogen (secondary N) is 1. The Morgan fingerprint density at radius 2 is 2.00 bits per heavy atom. The average Bonchev–Trinajstić information content (AvgIpc) is 3.11. The number of aliphatic imine (C=N–C) groups is 1. The second-order valence-corrected chi connectivity index (χ2v) is 7.36. The van der Waals surface area contributed by atoms with E-state index in [-0.39, 0.29) is 5.92 Å². The van der Waals surface area contributed by atoms with Gasteiger partial charge in [0.05, 0.1) is 6.54 Å². The predicted molar refractivity (Wildman–Crippen MR) is 105 cm³/mol. The number of piperazine rings is 1. The zero-order chi connectivity index (χ0) is 20.0. The van der Waals surface area contributed by atoms with Gasteiger partial charge in [-0.05, 0) is 37.9 Å². The molecule has 9 heteroatoms. The Morgan fingerprint density at radius 3 is 2.64 bits per heavy atom. The van der Waals surface area contributed by atoms with E-state index >= 15 is 0 Å². The highest BCUT2D eigenvalue weighted by molar-refractivity contribution is 5.80. The first kappa shape index (κ1) is 20.7. The summed E-state index contributed by atoms with van der Waals surface area (Å²) in [5.41, 5.74) is 0. The van der Waals surface area contributed by atoms with Crippen LogP contribution in [0.3, 0.4) is 0 Å². The lowest BCUT2D eigenvalue weighted by Gasteiger charge is -2.37. The number of hydrogen-bond acceptors (Lipinski definition) is 4. The van der Waals surface area contributed by atoms with Crippen molar-refractivity contribution < 1.29 is 13.2 Å². The summed E-state index contributed by atoms with van der Waals surface area (Å²) < 4.78 is 37.7. The molecule has 1 unspecified atom stereocenters. The van der Waals surface area contributed by atoms with Crippen molar-refractivity contribution in [2.45, 2.75) is 19.5 Å². The van der Waals surface area contributed by atoms with Crippen LogP contribution < -0.4 is 10.2 Å². The van der Waals surface area contributed by atoms with Crippen molar-refractivity contribution in [3.8, 4) is 0 Å². The highest BCUT2D eigenvalue weighted by atomic mass is 19.4. The maximum Gasteiger partial charge on any atom is 0.401 e. The Labute approximate surface area is 164 Å². The highest BCUT2D eigenvalue weighted by Gasteiger charge is 2.34. The molecule has 0 bridgehead atoms.